The van der Waals surface area contributed by atoms with Gasteiger partial charge in [0.25, 0.3) is 0 Å². The van der Waals surface area contributed by atoms with E-state index in [4.69, 9.17) is 0 Å². The van der Waals surface area contributed by atoms with Crippen molar-refractivity contribution in [2.75, 3.05) is 13.6 Å². The van der Waals surface area contributed by atoms with Crippen molar-refractivity contribution < 1.29 is 4.90 Å². The molecule has 130 valence electrons. The molecule has 2 aromatic carbocycles. The van der Waals surface area contributed by atoms with Crippen LogP contribution < -0.4 is 10.3 Å². The third kappa shape index (κ3) is 3.83. The molecule has 0 saturated heterocycles. The molecule has 3 rings (SSSR count). The van der Waals surface area contributed by atoms with Crippen molar-refractivity contribution in [1.29, 1.82) is 0 Å². The number of quaternary nitrogens is 1. The molecule has 0 aliphatic rings. The fourth-order valence-corrected chi connectivity index (χ4v) is 3.33. The van der Waals surface area contributed by atoms with Crippen molar-refractivity contribution in [3.05, 3.63) is 69.9 Å². The number of aryl methyl sites for hydroxylation is 1. The Morgan fingerprint density at radius 2 is 1.84 bits per heavy atom. The van der Waals surface area contributed by atoms with Crippen LogP contribution in [0.15, 0.2) is 53.3 Å². The molecule has 2 N–H and O–H groups in total. The van der Waals surface area contributed by atoms with Gasteiger partial charge in [0, 0.05) is 10.9 Å². The highest BCUT2D eigenvalue weighted by atomic mass is 16.1. The normalized spacial score (nSPS) is 12.4. The number of rotatable bonds is 6. The molecule has 1 unspecified atom stereocenters. The zero-order valence-corrected chi connectivity index (χ0v) is 15.4. The summed E-state index contributed by atoms with van der Waals surface area (Å²) in [7, 11) is 2.17. The molecule has 1 atom stereocenters. The van der Waals surface area contributed by atoms with Gasteiger partial charge < -0.3 is 9.88 Å². The maximum Gasteiger partial charge on any atom is 0.198 e. The van der Waals surface area contributed by atoms with Gasteiger partial charge in [-0.3, -0.25) is 4.79 Å². The molecule has 0 amide bonds. The smallest absolute Gasteiger partial charge is 0.198 e. The molecule has 3 nitrogen and oxygen atoms in total. The minimum atomic E-state index is 0.159. The van der Waals surface area contributed by atoms with Crippen LogP contribution in [0.25, 0.3) is 22.2 Å². The Hall–Kier alpha value is -2.39. The van der Waals surface area contributed by atoms with Gasteiger partial charge in [-0.2, -0.15) is 0 Å². The third-order valence-electron chi connectivity index (χ3n) is 4.75. The molecular weight excluding hydrogens is 308 g/mol. The van der Waals surface area contributed by atoms with E-state index in [0.717, 1.165) is 46.4 Å². The van der Waals surface area contributed by atoms with Gasteiger partial charge in [-0.15, -0.1) is 0 Å². The first kappa shape index (κ1) is 17.4. The molecule has 3 heteroatoms. The second-order valence-electron chi connectivity index (χ2n) is 6.96. The average Bonchev–Trinajstić information content (AvgIpc) is 2.63. The van der Waals surface area contributed by atoms with Gasteiger partial charge in [-0.25, -0.2) is 0 Å². The Morgan fingerprint density at radius 1 is 1.08 bits per heavy atom. The van der Waals surface area contributed by atoms with E-state index in [0.29, 0.717) is 0 Å². The SMILES string of the molecule is CCCC[NH+](C)Cc1c(-c2ccccc2)[nH]c2ccc(C)cc2c1=O. The maximum absolute atomic E-state index is 13.3. The first-order valence-corrected chi connectivity index (χ1v) is 9.12. The summed E-state index contributed by atoms with van der Waals surface area (Å²) in [5.41, 5.74) is 5.09. The van der Waals surface area contributed by atoms with Crippen molar-refractivity contribution in [1.82, 2.24) is 4.98 Å². The number of H-pyrrole nitrogens is 1. The predicted molar refractivity (Wildman–Crippen MR) is 105 cm³/mol. The maximum atomic E-state index is 13.3. The standard InChI is InChI=1S/C22H26N2O/c1-4-5-13-24(3)15-19-21(17-9-7-6-8-10-17)23-20-12-11-16(2)14-18(20)22(19)25/h6-12,14H,4-5,13,15H2,1-3H3,(H,23,25)/p+1. The van der Waals surface area contributed by atoms with Gasteiger partial charge in [-0.1, -0.05) is 55.3 Å². The predicted octanol–water partition coefficient (Wildman–Crippen LogP) is 3.32. The largest absolute Gasteiger partial charge is 0.354 e. The Morgan fingerprint density at radius 3 is 2.56 bits per heavy atom. The highest BCUT2D eigenvalue weighted by Crippen LogP contribution is 2.22. The summed E-state index contributed by atoms with van der Waals surface area (Å²) < 4.78 is 0. The lowest BCUT2D eigenvalue weighted by molar-refractivity contribution is -0.894. The number of nitrogens with one attached hydrogen (secondary N) is 2. The van der Waals surface area contributed by atoms with E-state index in [1.54, 1.807) is 0 Å². The van der Waals surface area contributed by atoms with Crippen LogP contribution in [-0.2, 0) is 6.54 Å². The van der Waals surface area contributed by atoms with Crippen LogP contribution in [-0.4, -0.2) is 18.6 Å². The molecule has 0 spiro atoms. The monoisotopic (exact) mass is 335 g/mol. The van der Waals surface area contributed by atoms with Crippen molar-refractivity contribution in [3.63, 3.8) is 0 Å². The summed E-state index contributed by atoms with van der Waals surface area (Å²) >= 11 is 0. The lowest BCUT2D eigenvalue weighted by atomic mass is 10.0. The average molecular weight is 335 g/mol. The highest BCUT2D eigenvalue weighted by molar-refractivity contribution is 5.83. The molecule has 25 heavy (non-hydrogen) atoms. The topological polar surface area (TPSA) is 37.3 Å². The number of fused-ring (bicyclic) bond motifs is 1. The summed E-state index contributed by atoms with van der Waals surface area (Å²) in [4.78, 5) is 18.2. The van der Waals surface area contributed by atoms with Crippen LogP contribution in [0.4, 0.5) is 0 Å². The Balaban J connectivity index is 2.16. The fourth-order valence-electron chi connectivity index (χ4n) is 3.33. The molecule has 0 fully saturated rings. The number of benzene rings is 2. The van der Waals surface area contributed by atoms with Gasteiger partial charge in [0.2, 0.25) is 0 Å². The summed E-state index contributed by atoms with van der Waals surface area (Å²) in [5, 5.41) is 0.790. The lowest BCUT2D eigenvalue weighted by Gasteiger charge is -2.17. The van der Waals surface area contributed by atoms with Crippen LogP contribution in [0.2, 0.25) is 0 Å². The second kappa shape index (κ2) is 7.66. The molecule has 0 saturated carbocycles. The number of aromatic nitrogens is 1. The molecule has 0 aliphatic carbocycles. The van der Waals surface area contributed by atoms with Crippen LogP contribution in [0.3, 0.4) is 0 Å². The van der Waals surface area contributed by atoms with E-state index in [-0.39, 0.29) is 5.43 Å². The van der Waals surface area contributed by atoms with Gasteiger partial charge in [0.15, 0.2) is 5.43 Å². The molecule has 0 aliphatic heterocycles. The van der Waals surface area contributed by atoms with E-state index in [9.17, 15) is 4.79 Å². The van der Waals surface area contributed by atoms with E-state index in [2.05, 4.69) is 31.1 Å². The second-order valence-corrected chi connectivity index (χ2v) is 6.96. The molecular formula is C22H27N2O+. The first-order valence-electron chi connectivity index (χ1n) is 9.12. The Kier molecular flexibility index (Phi) is 5.34. The Labute approximate surface area is 149 Å². The number of hydrogen-bond donors (Lipinski definition) is 2. The number of aromatic amines is 1. The highest BCUT2D eigenvalue weighted by Gasteiger charge is 2.17. The number of hydrogen-bond acceptors (Lipinski definition) is 1. The molecule has 0 bridgehead atoms. The van der Waals surface area contributed by atoms with Crippen molar-refractivity contribution in [2.45, 2.75) is 33.2 Å². The van der Waals surface area contributed by atoms with Crippen LogP contribution in [0, 0.1) is 6.92 Å². The minimum absolute atomic E-state index is 0.159. The lowest BCUT2D eigenvalue weighted by Crippen LogP contribution is -3.07. The summed E-state index contributed by atoms with van der Waals surface area (Å²) in [6.45, 7) is 6.05. The summed E-state index contributed by atoms with van der Waals surface area (Å²) in [6, 6.07) is 16.2. The van der Waals surface area contributed by atoms with Crippen LogP contribution >= 0.6 is 0 Å². The van der Waals surface area contributed by atoms with E-state index in [1.807, 2.05) is 43.3 Å². The molecule has 1 aromatic heterocycles. The zero-order chi connectivity index (χ0) is 17.8. The van der Waals surface area contributed by atoms with Gasteiger partial charge >= 0.3 is 0 Å². The summed E-state index contributed by atoms with van der Waals surface area (Å²) in [6.07, 6.45) is 2.35. The van der Waals surface area contributed by atoms with Crippen molar-refractivity contribution >= 4 is 10.9 Å². The van der Waals surface area contributed by atoms with E-state index >= 15 is 0 Å². The third-order valence-corrected chi connectivity index (χ3v) is 4.75. The van der Waals surface area contributed by atoms with Gasteiger partial charge in [0.05, 0.1) is 24.8 Å². The summed E-state index contributed by atoms with van der Waals surface area (Å²) in [5.74, 6) is 0. The van der Waals surface area contributed by atoms with Crippen LogP contribution in [0.5, 0.6) is 0 Å². The Bertz CT molecular complexity index is 912. The quantitative estimate of drug-likeness (QED) is 0.712. The van der Waals surface area contributed by atoms with Gasteiger partial charge in [0.1, 0.15) is 6.54 Å². The first-order chi connectivity index (χ1) is 12.1. The zero-order valence-electron chi connectivity index (χ0n) is 15.4. The molecule has 3 aromatic rings. The fraction of sp³-hybridized carbons (Fsp3) is 0.318. The van der Waals surface area contributed by atoms with E-state index in [1.165, 1.54) is 17.7 Å². The van der Waals surface area contributed by atoms with Crippen molar-refractivity contribution in [3.8, 4) is 11.3 Å². The molecule has 1 heterocycles. The minimum Gasteiger partial charge on any atom is -0.354 e. The van der Waals surface area contributed by atoms with Crippen LogP contribution in [0.1, 0.15) is 30.9 Å². The van der Waals surface area contributed by atoms with Crippen molar-refractivity contribution in [2.24, 2.45) is 0 Å². The number of pyridine rings is 1. The molecule has 0 radical (unpaired) electrons. The number of unbranched alkanes of at least 4 members (excludes halogenated alkanes) is 1. The van der Waals surface area contributed by atoms with E-state index < -0.39 is 0 Å². The van der Waals surface area contributed by atoms with Gasteiger partial charge in [-0.05, 0) is 31.0 Å².